The van der Waals surface area contributed by atoms with Crippen LogP contribution in [0.1, 0.15) is 30.0 Å². The third kappa shape index (κ3) is 2.49. The lowest BCUT2D eigenvalue weighted by Crippen LogP contribution is -2.16. The van der Waals surface area contributed by atoms with E-state index in [-0.39, 0.29) is 12.6 Å². The zero-order chi connectivity index (χ0) is 10.8. The number of rotatable bonds is 4. The molecule has 1 aliphatic rings. The maximum Gasteiger partial charge on any atom is 0.124 e. The fourth-order valence-electron chi connectivity index (χ4n) is 1.53. The van der Waals surface area contributed by atoms with Gasteiger partial charge in [-0.1, -0.05) is 17.7 Å². The Labute approximate surface area is 89.9 Å². The van der Waals surface area contributed by atoms with Crippen LogP contribution in [0.2, 0.25) is 0 Å². The highest BCUT2D eigenvalue weighted by Crippen LogP contribution is 2.31. The molecule has 3 nitrogen and oxygen atoms in total. The summed E-state index contributed by atoms with van der Waals surface area (Å²) in [6, 6.07) is 5.58. The Hall–Kier alpha value is -1.06. The van der Waals surface area contributed by atoms with Crippen molar-refractivity contribution in [3.8, 4) is 5.75 Å². The number of nitrogens with two attached hydrogens (primary N) is 1. The van der Waals surface area contributed by atoms with E-state index in [0.29, 0.717) is 6.10 Å². The van der Waals surface area contributed by atoms with Gasteiger partial charge in [0.05, 0.1) is 18.8 Å². The lowest BCUT2D eigenvalue weighted by molar-refractivity contribution is 0.257. The molecule has 0 radical (unpaired) electrons. The van der Waals surface area contributed by atoms with Crippen LogP contribution in [-0.2, 0) is 0 Å². The van der Waals surface area contributed by atoms with Crippen LogP contribution in [0.25, 0.3) is 0 Å². The molecule has 1 atom stereocenters. The number of hydrogen-bond acceptors (Lipinski definition) is 3. The standard InChI is InChI=1S/C12H17NO2/c1-8-2-5-12(15-9-3-4-9)10(6-8)11(13)7-14/h2,5-6,9,11,14H,3-4,7,13H2,1H3. The highest BCUT2D eigenvalue weighted by Gasteiger charge is 2.25. The first-order valence-electron chi connectivity index (χ1n) is 5.34. The van der Waals surface area contributed by atoms with Gasteiger partial charge in [-0.05, 0) is 25.8 Å². The number of aliphatic hydroxyl groups is 1. The SMILES string of the molecule is Cc1ccc(OC2CC2)c(C(N)CO)c1. The van der Waals surface area contributed by atoms with Gasteiger partial charge >= 0.3 is 0 Å². The smallest absolute Gasteiger partial charge is 0.124 e. The fraction of sp³-hybridized carbons (Fsp3) is 0.500. The first kappa shape index (κ1) is 10.5. The van der Waals surface area contributed by atoms with Crippen LogP contribution in [0.15, 0.2) is 18.2 Å². The molecule has 0 heterocycles. The van der Waals surface area contributed by atoms with Gasteiger partial charge in [0.2, 0.25) is 0 Å². The molecule has 0 aliphatic heterocycles. The van der Waals surface area contributed by atoms with Gasteiger partial charge in [-0.25, -0.2) is 0 Å². The molecular weight excluding hydrogens is 190 g/mol. The number of hydrogen-bond donors (Lipinski definition) is 2. The molecule has 15 heavy (non-hydrogen) atoms. The summed E-state index contributed by atoms with van der Waals surface area (Å²) in [5.74, 6) is 0.824. The quantitative estimate of drug-likeness (QED) is 0.787. The van der Waals surface area contributed by atoms with Crippen LogP contribution in [0.4, 0.5) is 0 Å². The second-order valence-corrected chi connectivity index (χ2v) is 4.15. The Bertz CT molecular complexity index is 347. The molecule has 82 valence electrons. The minimum atomic E-state index is -0.348. The van der Waals surface area contributed by atoms with Crippen LogP contribution < -0.4 is 10.5 Å². The predicted octanol–water partition coefficient (Wildman–Crippen LogP) is 1.53. The van der Waals surface area contributed by atoms with Crippen molar-refractivity contribution < 1.29 is 9.84 Å². The number of aliphatic hydroxyl groups excluding tert-OH is 1. The van der Waals surface area contributed by atoms with E-state index in [1.54, 1.807) is 0 Å². The van der Waals surface area contributed by atoms with Gasteiger partial charge in [0.25, 0.3) is 0 Å². The molecule has 0 saturated heterocycles. The number of ether oxygens (including phenoxy) is 1. The summed E-state index contributed by atoms with van der Waals surface area (Å²) in [7, 11) is 0. The summed E-state index contributed by atoms with van der Waals surface area (Å²) in [5.41, 5.74) is 7.87. The van der Waals surface area contributed by atoms with E-state index in [4.69, 9.17) is 15.6 Å². The van der Waals surface area contributed by atoms with Crippen molar-refractivity contribution >= 4 is 0 Å². The molecule has 1 aromatic carbocycles. The molecule has 0 amide bonds. The first-order chi connectivity index (χ1) is 7.20. The summed E-state index contributed by atoms with van der Waals surface area (Å²) in [6.45, 7) is 1.96. The average Bonchev–Trinajstić information content (AvgIpc) is 3.03. The van der Waals surface area contributed by atoms with Crippen molar-refractivity contribution in [3.63, 3.8) is 0 Å². The minimum absolute atomic E-state index is 0.0511. The van der Waals surface area contributed by atoms with Crippen molar-refractivity contribution in [3.05, 3.63) is 29.3 Å². The van der Waals surface area contributed by atoms with Crippen LogP contribution in [0.3, 0.4) is 0 Å². The van der Waals surface area contributed by atoms with Gasteiger partial charge in [-0.2, -0.15) is 0 Å². The first-order valence-corrected chi connectivity index (χ1v) is 5.34. The Morgan fingerprint density at radius 3 is 2.87 bits per heavy atom. The fourth-order valence-corrected chi connectivity index (χ4v) is 1.53. The van der Waals surface area contributed by atoms with Crippen molar-refractivity contribution in [2.24, 2.45) is 5.73 Å². The monoisotopic (exact) mass is 207 g/mol. The zero-order valence-electron chi connectivity index (χ0n) is 8.94. The Kier molecular flexibility index (Phi) is 2.93. The van der Waals surface area contributed by atoms with Crippen LogP contribution in [-0.4, -0.2) is 17.8 Å². The lowest BCUT2D eigenvalue weighted by atomic mass is 10.0. The number of benzene rings is 1. The molecule has 0 spiro atoms. The van der Waals surface area contributed by atoms with Gasteiger partial charge in [0, 0.05) is 5.56 Å². The molecule has 3 N–H and O–H groups in total. The Morgan fingerprint density at radius 1 is 1.53 bits per heavy atom. The van der Waals surface area contributed by atoms with E-state index >= 15 is 0 Å². The third-order valence-corrected chi connectivity index (χ3v) is 2.58. The van der Waals surface area contributed by atoms with Gasteiger partial charge in [0.15, 0.2) is 0 Å². The van der Waals surface area contributed by atoms with Gasteiger partial charge in [-0.15, -0.1) is 0 Å². The molecule has 1 unspecified atom stereocenters. The van der Waals surface area contributed by atoms with Crippen LogP contribution >= 0.6 is 0 Å². The van der Waals surface area contributed by atoms with Crippen molar-refractivity contribution in [1.29, 1.82) is 0 Å². The second-order valence-electron chi connectivity index (χ2n) is 4.15. The molecule has 3 heteroatoms. The molecule has 1 fully saturated rings. The minimum Gasteiger partial charge on any atom is -0.490 e. The largest absolute Gasteiger partial charge is 0.490 e. The van der Waals surface area contributed by atoms with E-state index < -0.39 is 0 Å². The second kappa shape index (κ2) is 4.21. The van der Waals surface area contributed by atoms with Gasteiger partial charge in [0.1, 0.15) is 5.75 Å². The van der Waals surface area contributed by atoms with Crippen LogP contribution in [0, 0.1) is 6.92 Å². The molecule has 1 saturated carbocycles. The maximum absolute atomic E-state index is 9.07. The molecule has 2 rings (SSSR count). The Balaban J connectivity index is 2.25. The summed E-state index contributed by atoms with van der Waals surface area (Å²) in [5, 5.41) is 9.07. The predicted molar refractivity (Wildman–Crippen MR) is 58.8 cm³/mol. The van der Waals surface area contributed by atoms with E-state index in [9.17, 15) is 0 Å². The molecule has 1 aromatic rings. The molecule has 0 aromatic heterocycles. The van der Waals surface area contributed by atoms with Gasteiger partial charge < -0.3 is 15.6 Å². The highest BCUT2D eigenvalue weighted by atomic mass is 16.5. The number of aryl methyl sites for hydroxylation is 1. The summed E-state index contributed by atoms with van der Waals surface area (Å²) >= 11 is 0. The molecule has 1 aliphatic carbocycles. The normalized spacial score (nSPS) is 17.5. The summed E-state index contributed by atoms with van der Waals surface area (Å²) in [6.07, 6.45) is 2.61. The van der Waals surface area contributed by atoms with E-state index in [0.717, 1.165) is 29.7 Å². The van der Waals surface area contributed by atoms with E-state index in [1.807, 2.05) is 25.1 Å². The van der Waals surface area contributed by atoms with E-state index in [1.165, 1.54) is 0 Å². The summed E-state index contributed by atoms with van der Waals surface area (Å²) < 4.78 is 5.74. The lowest BCUT2D eigenvalue weighted by Gasteiger charge is -2.15. The van der Waals surface area contributed by atoms with Crippen molar-refractivity contribution in [2.75, 3.05) is 6.61 Å². The molecular formula is C12H17NO2. The summed E-state index contributed by atoms with van der Waals surface area (Å²) in [4.78, 5) is 0. The zero-order valence-corrected chi connectivity index (χ0v) is 8.94. The Morgan fingerprint density at radius 2 is 2.27 bits per heavy atom. The third-order valence-electron chi connectivity index (χ3n) is 2.58. The van der Waals surface area contributed by atoms with Crippen LogP contribution in [0.5, 0.6) is 5.75 Å². The van der Waals surface area contributed by atoms with Crippen molar-refractivity contribution in [1.82, 2.24) is 0 Å². The van der Waals surface area contributed by atoms with Gasteiger partial charge in [-0.3, -0.25) is 0 Å². The average molecular weight is 207 g/mol. The van der Waals surface area contributed by atoms with E-state index in [2.05, 4.69) is 0 Å². The highest BCUT2D eigenvalue weighted by molar-refractivity contribution is 5.39. The van der Waals surface area contributed by atoms with Crippen molar-refractivity contribution in [2.45, 2.75) is 31.9 Å². The molecule has 0 bridgehead atoms. The maximum atomic E-state index is 9.07. The topological polar surface area (TPSA) is 55.5 Å².